The zero-order valence-corrected chi connectivity index (χ0v) is 17.3. The quantitative estimate of drug-likeness (QED) is 0.810. The molecule has 0 bridgehead atoms. The number of carbonyl (C=O) groups is 2. The van der Waals surface area contributed by atoms with Crippen molar-refractivity contribution < 1.29 is 14.0 Å². The van der Waals surface area contributed by atoms with Crippen molar-refractivity contribution in [3.63, 3.8) is 0 Å². The van der Waals surface area contributed by atoms with Crippen LogP contribution >= 0.6 is 11.6 Å². The Morgan fingerprint density at radius 3 is 2.43 bits per heavy atom. The lowest BCUT2D eigenvalue weighted by Gasteiger charge is -2.38. The molecule has 6 nitrogen and oxygen atoms in total. The first-order valence-electron chi connectivity index (χ1n) is 10.0. The SMILES string of the molecule is O=C(CN1CNC(c2ccc(Cl)cc2)CC1=O)N1CCN(c2ccccc2F)CC1. The molecule has 4 rings (SSSR count). The molecular formula is C22H24ClFN4O2. The lowest BCUT2D eigenvalue weighted by atomic mass is 10.0. The maximum atomic E-state index is 14.0. The molecule has 1 N–H and O–H groups in total. The molecule has 2 aliphatic rings. The molecule has 0 radical (unpaired) electrons. The van der Waals surface area contributed by atoms with E-state index < -0.39 is 0 Å². The van der Waals surface area contributed by atoms with Crippen molar-refractivity contribution >= 4 is 29.1 Å². The van der Waals surface area contributed by atoms with Crippen LogP contribution in [0, 0.1) is 5.82 Å². The summed E-state index contributed by atoms with van der Waals surface area (Å²) in [4.78, 5) is 30.5. The molecule has 8 heteroatoms. The molecule has 2 aromatic rings. The average molecular weight is 431 g/mol. The van der Waals surface area contributed by atoms with Crippen LogP contribution in [0.1, 0.15) is 18.0 Å². The third-order valence-electron chi connectivity index (χ3n) is 5.68. The van der Waals surface area contributed by atoms with Gasteiger partial charge in [0.25, 0.3) is 0 Å². The van der Waals surface area contributed by atoms with Crippen LogP contribution in [-0.4, -0.2) is 61.0 Å². The number of piperazine rings is 1. The van der Waals surface area contributed by atoms with Crippen LogP contribution in [0.5, 0.6) is 0 Å². The Labute approximate surface area is 180 Å². The van der Waals surface area contributed by atoms with Gasteiger partial charge in [-0.2, -0.15) is 0 Å². The van der Waals surface area contributed by atoms with Crippen molar-refractivity contribution in [2.24, 2.45) is 0 Å². The van der Waals surface area contributed by atoms with Gasteiger partial charge in [0.15, 0.2) is 0 Å². The number of hydrogen-bond donors (Lipinski definition) is 1. The van der Waals surface area contributed by atoms with E-state index in [0.29, 0.717) is 50.0 Å². The zero-order valence-electron chi connectivity index (χ0n) is 16.6. The normalized spacial score (nSPS) is 19.9. The summed E-state index contributed by atoms with van der Waals surface area (Å²) in [6, 6.07) is 14.0. The third-order valence-corrected chi connectivity index (χ3v) is 5.94. The van der Waals surface area contributed by atoms with Crippen LogP contribution in [0.3, 0.4) is 0 Å². The Bertz CT molecular complexity index is 916. The van der Waals surface area contributed by atoms with Gasteiger partial charge in [-0.05, 0) is 29.8 Å². The Morgan fingerprint density at radius 1 is 1.07 bits per heavy atom. The van der Waals surface area contributed by atoms with Crippen molar-refractivity contribution in [1.82, 2.24) is 15.1 Å². The maximum Gasteiger partial charge on any atom is 0.242 e. The fourth-order valence-electron chi connectivity index (χ4n) is 3.93. The predicted octanol–water partition coefficient (Wildman–Crippen LogP) is 2.65. The second-order valence-electron chi connectivity index (χ2n) is 7.58. The standard InChI is InChI=1S/C22H24ClFN4O2/c23-17-7-5-16(6-8-17)19-13-21(29)28(15-25-19)14-22(30)27-11-9-26(10-12-27)20-4-2-1-3-18(20)24/h1-8,19,25H,9-15H2. The van der Waals surface area contributed by atoms with E-state index >= 15 is 0 Å². The highest BCUT2D eigenvalue weighted by Gasteiger charge is 2.30. The summed E-state index contributed by atoms with van der Waals surface area (Å²) in [5.74, 6) is -0.382. The largest absolute Gasteiger partial charge is 0.366 e. The van der Waals surface area contributed by atoms with Crippen molar-refractivity contribution in [1.29, 1.82) is 0 Å². The summed E-state index contributed by atoms with van der Waals surface area (Å²) in [6.07, 6.45) is 0.302. The topological polar surface area (TPSA) is 55.9 Å². The highest BCUT2D eigenvalue weighted by Crippen LogP contribution is 2.23. The molecular weight excluding hydrogens is 407 g/mol. The second kappa shape index (κ2) is 9.02. The first-order chi connectivity index (χ1) is 14.5. The van der Waals surface area contributed by atoms with Gasteiger partial charge in [-0.1, -0.05) is 35.9 Å². The van der Waals surface area contributed by atoms with Crippen molar-refractivity contribution in [3.05, 3.63) is 64.9 Å². The van der Waals surface area contributed by atoms with Crippen LogP contribution < -0.4 is 10.2 Å². The fraction of sp³-hybridized carbons (Fsp3) is 0.364. The molecule has 30 heavy (non-hydrogen) atoms. The predicted molar refractivity (Wildman–Crippen MR) is 114 cm³/mol. The number of amides is 2. The summed E-state index contributed by atoms with van der Waals surface area (Å²) in [5, 5.41) is 3.98. The Balaban J connectivity index is 1.28. The molecule has 2 saturated heterocycles. The number of nitrogens with zero attached hydrogens (tertiary/aromatic N) is 3. The van der Waals surface area contributed by atoms with E-state index in [-0.39, 0.29) is 30.2 Å². The van der Waals surface area contributed by atoms with E-state index in [0.717, 1.165) is 5.56 Å². The van der Waals surface area contributed by atoms with Gasteiger partial charge in [-0.25, -0.2) is 4.39 Å². The first-order valence-corrected chi connectivity index (χ1v) is 10.4. The number of carbonyl (C=O) groups excluding carboxylic acids is 2. The van der Waals surface area contributed by atoms with E-state index in [1.807, 2.05) is 23.1 Å². The van der Waals surface area contributed by atoms with Crippen LogP contribution in [-0.2, 0) is 9.59 Å². The highest BCUT2D eigenvalue weighted by molar-refractivity contribution is 6.30. The number of rotatable bonds is 4. The molecule has 0 aromatic heterocycles. The Morgan fingerprint density at radius 2 is 1.77 bits per heavy atom. The minimum atomic E-state index is -0.252. The molecule has 2 heterocycles. The smallest absolute Gasteiger partial charge is 0.242 e. The van der Waals surface area contributed by atoms with Crippen LogP contribution in [0.15, 0.2) is 48.5 Å². The summed E-state index contributed by atoms with van der Waals surface area (Å²) in [6.45, 7) is 2.53. The molecule has 0 aliphatic carbocycles. The number of para-hydroxylation sites is 1. The molecule has 0 spiro atoms. The van der Waals surface area contributed by atoms with Crippen LogP contribution in [0.2, 0.25) is 5.02 Å². The van der Waals surface area contributed by atoms with Crippen LogP contribution in [0.4, 0.5) is 10.1 Å². The fourth-order valence-corrected chi connectivity index (χ4v) is 4.05. The van der Waals surface area contributed by atoms with Gasteiger partial charge >= 0.3 is 0 Å². The number of benzene rings is 2. The van der Waals surface area contributed by atoms with Crippen molar-refractivity contribution in [3.8, 4) is 0 Å². The van der Waals surface area contributed by atoms with E-state index in [4.69, 9.17) is 11.6 Å². The number of halogens is 2. The first kappa shape index (κ1) is 20.6. The zero-order chi connectivity index (χ0) is 21.1. The maximum absolute atomic E-state index is 14.0. The van der Waals surface area contributed by atoms with E-state index in [1.165, 1.54) is 6.07 Å². The Kier molecular flexibility index (Phi) is 6.20. The molecule has 158 valence electrons. The van der Waals surface area contributed by atoms with Crippen molar-refractivity contribution in [2.75, 3.05) is 44.3 Å². The third kappa shape index (κ3) is 4.57. The summed E-state index contributed by atoms with van der Waals surface area (Å²) < 4.78 is 14.0. The molecule has 1 atom stereocenters. The highest BCUT2D eigenvalue weighted by atomic mass is 35.5. The summed E-state index contributed by atoms with van der Waals surface area (Å²) >= 11 is 5.93. The Hall–Kier alpha value is -2.64. The van der Waals surface area contributed by atoms with Gasteiger partial charge in [0, 0.05) is 43.7 Å². The van der Waals surface area contributed by atoms with Crippen LogP contribution in [0.25, 0.3) is 0 Å². The number of hydrogen-bond acceptors (Lipinski definition) is 4. The number of anilines is 1. The molecule has 2 aromatic carbocycles. The van der Waals surface area contributed by atoms with Gasteiger partial charge in [-0.15, -0.1) is 0 Å². The van der Waals surface area contributed by atoms with Gasteiger partial charge in [0.2, 0.25) is 11.8 Å². The lowest BCUT2D eigenvalue weighted by molar-refractivity contribution is -0.143. The van der Waals surface area contributed by atoms with Gasteiger partial charge in [-0.3, -0.25) is 14.9 Å². The molecule has 2 fully saturated rings. The molecule has 0 saturated carbocycles. The minimum Gasteiger partial charge on any atom is -0.366 e. The molecule has 1 unspecified atom stereocenters. The molecule has 2 aliphatic heterocycles. The number of nitrogens with one attached hydrogen (secondary N) is 1. The summed E-state index contributed by atoms with van der Waals surface area (Å²) in [7, 11) is 0. The minimum absolute atomic E-state index is 0.0490. The van der Waals surface area contributed by atoms with E-state index in [1.54, 1.807) is 34.1 Å². The molecule has 2 amide bonds. The van der Waals surface area contributed by atoms with E-state index in [9.17, 15) is 14.0 Å². The average Bonchev–Trinajstić information content (AvgIpc) is 2.76. The van der Waals surface area contributed by atoms with E-state index in [2.05, 4.69) is 5.32 Å². The summed E-state index contributed by atoms with van der Waals surface area (Å²) in [5.41, 5.74) is 1.57. The van der Waals surface area contributed by atoms with Gasteiger partial charge in [0.05, 0.1) is 12.4 Å². The van der Waals surface area contributed by atoms with Crippen molar-refractivity contribution in [2.45, 2.75) is 12.5 Å². The van der Waals surface area contributed by atoms with Gasteiger partial charge in [0.1, 0.15) is 12.4 Å². The monoisotopic (exact) mass is 430 g/mol. The second-order valence-corrected chi connectivity index (χ2v) is 8.02. The lowest BCUT2D eigenvalue weighted by Crippen LogP contribution is -2.54. The van der Waals surface area contributed by atoms with Gasteiger partial charge < -0.3 is 14.7 Å².